The molecule has 152 valence electrons. The van der Waals surface area contributed by atoms with Crippen LogP contribution in [-0.4, -0.2) is 50.3 Å². The summed E-state index contributed by atoms with van der Waals surface area (Å²) in [7, 11) is 1.92. The van der Waals surface area contributed by atoms with Gasteiger partial charge in [0.15, 0.2) is 10.6 Å². The van der Waals surface area contributed by atoms with Crippen LogP contribution in [0.3, 0.4) is 0 Å². The average molecular weight is 414 g/mol. The number of rotatable bonds is 5. The van der Waals surface area contributed by atoms with Gasteiger partial charge in [-0.05, 0) is 37.3 Å². The van der Waals surface area contributed by atoms with Crippen molar-refractivity contribution < 1.29 is 9.34 Å². The minimum absolute atomic E-state index is 0.112. The van der Waals surface area contributed by atoms with E-state index in [-0.39, 0.29) is 10.6 Å². The van der Waals surface area contributed by atoms with E-state index in [2.05, 4.69) is 9.80 Å². The summed E-state index contributed by atoms with van der Waals surface area (Å²) in [6.07, 6.45) is 1.66. The minimum atomic E-state index is -0.377. The quantitative estimate of drug-likeness (QED) is 0.360. The second kappa shape index (κ2) is 7.80. The Morgan fingerprint density at radius 2 is 1.86 bits per heavy atom. The number of nitro benzene ring substituents is 1. The Hall–Kier alpha value is -2.98. The molecule has 1 aliphatic heterocycles. The first-order valence-electron chi connectivity index (χ1n) is 9.34. The molecule has 1 saturated heterocycles. The van der Waals surface area contributed by atoms with E-state index >= 15 is 0 Å². The molecule has 0 atom stereocenters. The van der Waals surface area contributed by atoms with Crippen LogP contribution in [0.4, 0.5) is 11.4 Å². The number of hydrogen-bond acceptors (Lipinski definition) is 7. The zero-order valence-electron chi connectivity index (χ0n) is 16.3. The van der Waals surface area contributed by atoms with Crippen molar-refractivity contribution in [3.8, 4) is 11.4 Å². The van der Waals surface area contributed by atoms with Gasteiger partial charge in [-0.25, -0.2) is 4.68 Å². The van der Waals surface area contributed by atoms with Gasteiger partial charge in [0, 0.05) is 51.0 Å². The van der Waals surface area contributed by atoms with Crippen molar-refractivity contribution in [1.82, 2.24) is 19.2 Å². The maximum atomic E-state index is 10.8. The summed E-state index contributed by atoms with van der Waals surface area (Å²) in [4.78, 5) is 15.0. The Morgan fingerprint density at radius 3 is 2.45 bits per heavy atom. The zero-order valence-corrected chi connectivity index (χ0v) is 17.1. The number of nitrogens with zero attached hydrogens (tertiary/aromatic N) is 6. The maximum Gasteiger partial charge on any atom is 0.269 e. The van der Waals surface area contributed by atoms with Gasteiger partial charge >= 0.3 is 0 Å². The lowest BCUT2D eigenvalue weighted by atomic mass is 10.2. The molecule has 0 saturated carbocycles. The summed E-state index contributed by atoms with van der Waals surface area (Å²) in [5, 5.41) is 15.5. The Bertz CT molecular complexity index is 1080. The highest BCUT2D eigenvalue weighted by molar-refractivity contribution is 7.71. The van der Waals surface area contributed by atoms with E-state index < -0.39 is 0 Å². The number of furan rings is 1. The molecule has 10 heteroatoms. The minimum Gasteiger partial charge on any atom is -0.469 e. The fraction of sp³-hybridized carbons (Fsp3) is 0.368. The van der Waals surface area contributed by atoms with Crippen LogP contribution in [0.15, 0.2) is 41.0 Å². The number of nitro groups is 1. The molecule has 0 spiro atoms. The summed E-state index contributed by atoms with van der Waals surface area (Å²) in [6.45, 7) is 5.93. The summed E-state index contributed by atoms with van der Waals surface area (Å²) in [5.41, 5.74) is 2.06. The van der Waals surface area contributed by atoms with Crippen LogP contribution in [-0.2, 0) is 13.7 Å². The molecule has 3 heterocycles. The molecule has 4 rings (SSSR count). The summed E-state index contributed by atoms with van der Waals surface area (Å²) >= 11 is 5.57. The van der Waals surface area contributed by atoms with E-state index in [9.17, 15) is 10.1 Å². The van der Waals surface area contributed by atoms with E-state index in [1.165, 1.54) is 0 Å². The van der Waals surface area contributed by atoms with Crippen LogP contribution in [0.1, 0.15) is 5.76 Å². The van der Waals surface area contributed by atoms with Crippen molar-refractivity contribution in [3.63, 3.8) is 0 Å². The van der Waals surface area contributed by atoms with Gasteiger partial charge in [-0.15, -0.1) is 0 Å². The molecule has 0 radical (unpaired) electrons. The van der Waals surface area contributed by atoms with Gasteiger partial charge in [0.1, 0.15) is 5.76 Å². The number of non-ortho nitro benzene ring substituents is 1. The standard InChI is InChI=1S/C19H22N6O3S/c1-14-17(7-12-28-14)18-20-24(19(29)21(18)2)13-22-8-10-23(11-9-22)15-3-5-16(6-4-15)25(26)27/h3-7,12H,8-11,13H2,1-2H3. The Balaban J connectivity index is 1.42. The predicted molar refractivity (Wildman–Crippen MR) is 111 cm³/mol. The number of anilines is 1. The van der Waals surface area contributed by atoms with Gasteiger partial charge in [-0.3, -0.25) is 15.0 Å². The van der Waals surface area contributed by atoms with Crippen molar-refractivity contribution in [1.29, 1.82) is 0 Å². The molecular weight excluding hydrogens is 392 g/mol. The second-order valence-corrected chi connectivity index (χ2v) is 7.44. The Morgan fingerprint density at radius 1 is 1.17 bits per heavy atom. The first-order chi connectivity index (χ1) is 13.9. The van der Waals surface area contributed by atoms with Gasteiger partial charge in [0.25, 0.3) is 5.69 Å². The Labute approximate surface area is 172 Å². The molecule has 1 fully saturated rings. The molecule has 3 aromatic rings. The number of piperazine rings is 1. The van der Waals surface area contributed by atoms with Crippen LogP contribution in [0.25, 0.3) is 11.4 Å². The number of hydrogen-bond donors (Lipinski definition) is 0. The lowest BCUT2D eigenvalue weighted by molar-refractivity contribution is -0.384. The normalized spacial score (nSPS) is 15.0. The largest absolute Gasteiger partial charge is 0.469 e. The third kappa shape index (κ3) is 3.81. The van der Waals surface area contributed by atoms with Crippen LogP contribution >= 0.6 is 12.2 Å². The highest BCUT2D eigenvalue weighted by atomic mass is 32.1. The van der Waals surface area contributed by atoms with E-state index in [0.717, 1.165) is 49.0 Å². The predicted octanol–water partition coefficient (Wildman–Crippen LogP) is 3.21. The lowest BCUT2D eigenvalue weighted by Gasteiger charge is -2.35. The van der Waals surface area contributed by atoms with Crippen molar-refractivity contribution in [2.45, 2.75) is 13.6 Å². The third-order valence-electron chi connectivity index (χ3n) is 5.27. The highest BCUT2D eigenvalue weighted by Crippen LogP contribution is 2.23. The molecule has 0 bridgehead atoms. The van der Waals surface area contributed by atoms with E-state index in [0.29, 0.717) is 11.4 Å². The van der Waals surface area contributed by atoms with Gasteiger partial charge in [0.2, 0.25) is 0 Å². The molecule has 9 nitrogen and oxygen atoms in total. The maximum absolute atomic E-state index is 10.8. The van der Waals surface area contributed by atoms with E-state index in [4.69, 9.17) is 21.7 Å². The number of aromatic nitrogens is 3. The van der Waals surface area contributed by atoms with Crippen molar-refractivity contribution in [2.24, 2.45) is 7.05 Å². The smallest absolute Gasteiger partial charge is 0.269 e. The summed E-state index contributed by atoms with van der Waals surface area (Å²) < 4.78 is 9.81. The average Bonchev–Trinajstić information content (AvgIpc) is 3.26. The van der Waals surface area contributed by atoms with Crippen molar-refractivity contribution in [3.05, 3.63) is 57.2 Å². The monoisotopic (exact) mass is 414 g/mol. The first-order valence-corrected chi connectivity index (χ1v) is 9.75. The molecule has 1 aliphatic rings. The fourth-order valence-corrected chi connectivity index (χ4v) is 3.74. The molecule has 0 amide bonds. The molecule has 0 unspecified atom stereocenters. The first kappa shape index (κ1) is 19.3. The fourth-order valence-electron chi connectivity index (χ4n) is 3.55. The molecule has 0 N–H and O–H groups in total. The highest BCUT2D eigenvalue weighted by Gasteiger charge is 2.20. The SMILES string of the molecule is Cc1occc1-c1nn(CN2CCN(c3ccc([N+](=O)[O-])cc3)CC2)c(=S)n1C. The number of benzene rings is 1. The zero-order chi connectivity index (χ0) is 20.5. The van der Waals surface area contributed by atoms with Gasteiger partial charge < -0.3 is 13.9 Å². The third-order valence-corrected chi connectivity index (χ3v) is 5.76. The van der Waals surface area contributed by atoms with Gasteiger partial charge in [-0.1, -0.05) is 0 Å². The van der Waals surface area contributed by atoms with Gasteiger partial charge in [-0.2, -0.15) is 5.10 Å². The number of aryl methyl sites for hydroxylation is 1. The van der Waals surface area contributed by atoms with Crippen LogP contribution in [0.5, 0.6) is 0 Å². The summed E-state index contributed by atoms with van der Waals surface area (Å²) in [6, 6.07) is 8.62. The molecule has 0 aliphatic carbocycles. The molecule has 2 aromatic heterocycles. The Kier molecular flexibility index (Phi) is 5.20. The van der Waals surface area contributed by atoms with Gasteiger partial charge in [0.05, 0.1) is 23.4 Å². The van der Waals surface area contributed by atoms with Crippen LogP contribution in [0, 0.1) is 21.8 Å². The summed E-state index contributed by atoms with van der Waals surface area (Å²) in [5.74, 6) is 1.61. The molecule has 1 aromatic carbocycles. The molecule has 29 heavy (non-hydrogen) atoms. The molecular formula is C19H22N6O3S. The lowest BCUT2D eigenvalue weighted by Crippen LogP contribution is -2.47. The van der Waals surface area contributed by atoms with Crippen molar-refractivity contribution in [2.75, 3.05) is 31.1 Å². The van der Waals surface area contributed by atoms with Crippen molar-refractivity contribution >= 4 is 23.6 Å². The second-order valence-electron chi connectivity index (χ2n) is 7.08. The van der Waals surface area contributed by atoms with Crippen LogP contribution in [0.2, 0.25) is 0 Å². The van der Waals surface area contributed by atoms with Crippen LogP contribution < -0.4 is 4.90 Å². The van der Waals surface area contributed by atoms with E-state index in [1.54, 1.807) is 18.4 Å². The topological polar surface area (TPSA) is 85.5 Å². The van der Waals surface area contributed by atoms with E-state index in [1.807, 2.05) is 41.4 Å².